The van der Waals surface area contributed by atoms with Crippen LogP contribution in [0.2, 0.25) is 0 Å². The molecule has 0 heterocycles. The number of rotatable bonds is 5. The number of anilines is 1. The van der Waals surface area contributed by atoms with Gasteiger partial charge in [0, 0.05) is 11.3 Å². The Morgan fingerprint density at radius 3 is 2.12 bits per heavy atom. The topological polar surface area (TPSA) is 50.7 Å². The number of hydrogen-bond donors (Lipinski definition) is 1. The molecule has 118 valence electrons. The van der Waals surface area contributed by atoms with Crippen LogP contribution in [0.25, 0.3) is 0 Å². The van der Waals surface area contributed by atoms with E-state index in [1.54, 1.807) is 18.3 Å². The van der Waals surface area contributed by atoms with E-state index in [4.69, 9.17) is 4.84 Å². The molecule has 4 nitrogen and oxygen atoms in total. The highest BCUT2D eigenvalue weighted by molar-refractivity contribution is 6.04. The van der Waals surface area contributed by atoms with Gasteiger partial charge in [-0.2, -0.15) is 0 Å². The Bertz CT molecular complexity index is 813. The first-order valence-electron chi connectivity index (χ1n) is 7.53. The van der Waals surface area contributed by atoms with Gasteiger partial charge in [-0.3, -0.25) is 4.79 Å². The van der Waals surface area contributed by atoms with Crippen LogP contribution in [0.3, 0.4) is 0 Å². The van der Waals surface area contributed by atoms with Gasteiger partial charge in [0.05, 0.1) is 6.21 Å². The minimum absolute atomic E-state index is 0.135. The Hall–Kier alpha value is -3.40. The van der Waals surface area contributed by atoms with Crippen molar-refractivity contribution in [2.45, 2.75) is 0 Å². The summed E-state index contributed by atoms with van der Waals surface area (Å²) in [5.74, 6) is 0.546. The molecule has 3 aromatic carbocycles. The largest absolute Gasteiger partial charge is 0.357 e. The normalized spacial score (nSPS) is 10.5. The number of carbonyl (C=O) groups is 1. The molecule has 0 spiro atoms. The fourth-order valence-electron chi connectivity index (χ4n) is 2.07. The number of nitrogens with zero attached hydrogens (tertiary/aromatic N) is 1. The molecule has 0 saturated heterocycles. The Balaban J connectivity index is 1.58. The standard InChI is InChI=1S/C20H16N2O2/c23-20(17-7-3-1-4-8-17)22-18-13-11-16(12-14-18)15-21-24-19-9-5-2-6-10-19/h1-15H,(H,22,23). The van der Waals surface area contributed by atoms with Crippen molar-refractivity contribution in [1.82, 2.24) is 0 Å². The van der Waals surface area contributed by atoms with Crippen molar-refractivity contribution in [2.75, 3.05) is 5.32 Å². The third kappa shape index (κ3) is 4.30. The van der Waals surface area contributed by atoms with Gasteiger partial charge >= 0.3 is 0 Å². The fourth-order valence-corrected chi connectivity index (χ4v) is 2.07. The number of oxime groups is 1. The van der Waals surface area contributed by atoms with Gasteiger partial charge in [-0.15, -0.1) is 0 Å². The zero-order valence-corrected chi connectivity index (χ0v) is 12.9. The molecule has 0 bridgehead atoms. The molecular formula is C20H16N2O2. The van der Waals surface area contributed by atoms with Crippen molar-refractivity contribution < 1.29 is 9.63 Å². The van der Waals surface area contributed by atoms with Crippen LogP contribution in [0.15, 0.2) is 90.1 Å². The third-order valence-corrected chi connectivity index (χ3v) is 3.31. The van der Waals surface area contributed by atoms with Crippen molar-refractivity contribution >= 4 is 17.8 Å². The molecule has 1 N–H and O–H groups in total. The summed E-state index contributed by atoms with van der Waals surface area (Å²) in [6, 6.07) is 25.8. The maximum Gasteiger partial charge on any atom is 0.255 e. The van der Waals surface area contributed by atoms with Gasteiger partial charge in [-0.1, -0.05) is 53.7 Å². The summed E-state index contributed by atoms with van der Waals surface area (Å²) in [5.41, 5.74) is 2.23. The van der Waals surface area contributed by atoms with Crippen LogP contribution in [0.4, 0.5) is 5.69 Å². The van der Waals surface area contributed by atoms with E-state index in [-0.39, 0.29) is 5.91 Å². The van der Waals surface area contributed by atoms with E-state index in [9.17, 15) is 4.79 Å². The van der Waals surface area contributed by atoms with Crippen molar-refractivity contribution in [3.8, 4) is 5.75 Å². The maximum absolute atomic E-state index is 12.1. The van der Waals surface area contributed by atoms with Gasteiger partial charge in [0.25, 0.3) is 5.91 Å². The molecule has 0 fully saturated rings. The molecule has 0 saturated carbocycles. The summed E-state index contributed by atoms with van der Waals surface area (Å²) in [7, 11) is 0. The van der Waals surface area contributed by atoms with Crippen molar-refractivity contribution in [3.05, 3.63) is 96.1 Å². The lowest BCUT2D eigenvalue weighted by Gasteiger charge is -2.05. The van der Waals surface area contributed by atoms with Gasteiger partial charge in [0.2, 0.25) is 0 Å². The molecule has 1 amide bonds. The average Bonchev–Trinajstić information content (AvgIpc) is 2.65. The SMILES string of the molecule is O=C(Nc1ccc(C=NOc2ccccc2)cc1)c1ccccc1. The minimum Gasteiger partial charge on any atom is -0.357 e. The first-order chi connectivity index (χ1) is 11.8. The average molecular weight is 316 g/mol. The van der Waals surface area contributed by atoms with Gasteiger partial charge in [-0.25, -0.2) is 0 Å². The van der Waals surface area contributed by atoms with Crippen LogP contribution in [-0.2, 0) is 0 Å². The zero-order valence-electron chi connectivity index (χ0n) is 12.9. The second-order valence-corrected chi connectivity index (χ2v) is 5.08. The Labute approximate surface area is 140 Å². The van der Waals surface area contributed by atoms with Crippen LogP contribution in [0, 0.1) is 0 Å². The van der Waals surface area contributed by atoms with E-state index < -0.39 is 0 Å². The fraction of sp³-hybridized carbons (Fsp3) is 0. The summed E-state index contributed by atoms with van der Waals surface area (Å²) in [6.45, 7) is 0. The van der Waals surface area contributed by atoms with E-state index >= 15 is 0 Å². The summed E-state index contributed by atoms with van der Waals surface area (Å²) in [4.78, 5) is 17.3. The zero-order chi connectivity index (χ0) is 16.6. The number of amides is 1. The van der Waals surface area contributed by atoms with E-state index in [0.29, 0.717) is 11.3 Å². The molecule has 0 aromatic heterocycles. The highest BCUT2D eigenvalue weighted by Gasteiger charge is 2.04. The number of nitrogens with one attached hydrogen (secondary N) is 1. The van der Waals surface area contributed by atoms with E-state index in [1.165, 1.54) is 0 Å². The summed E-state index contributed by atoms with van der Waals surface area (Å²) in [5, 5.41) is 6.79. The smallest absolute Gasteiger partial charge is 0.255 e. The van der Waals surface area contributed by atoms with Gasteiger partial charge in [-0.05, 0) is 42.0 Å². The first-order valence-corrected chi connectivity index (χ1v) is 7.53. The molecule has 0 radical (unpaired) electrons. The summed E-state index contributed by atoms with van der Waals surface area (Å²) >= 11 is 0. The van der Waals surface area contributed by atoms with Crippen molar-refractivity contribution in [2.24, 2.45) is 5.16 Å². The Morgan fingerprint density at radius 2 is 1.46 bits per heavy atom. The second kappa shape index (κ2) is 7.74. The van der Waals surface area contributed by atoms with Crippen molar-refractivity contribution in [1.29, 1.82) is 0 Å². The highest BCUT2D eigenvalue weighted by Crippen LogP contribution is 2.11. The quantitative estimate of drug-likeness (QED) is 0.562. The molecule has 3 aromatic rings. The molecule has 0 atom stereocenters. The maximum atomic E-state index is 12.1. The lowest BCUT2D eigenvalue weighted by Crippen LogP contribution is -2.11. The molecule has 3 rings (SSSR count). The van der Waals surface area contributed by atoms with E-state index in [2.05, 4.69) is 10.5 Å². The lowest BCUT2D eigenvalue weighted by atomic mass is 10.2. The van der Waals surface area contributed by atoms with Gasteiger partial charge in [0.1, 0.15) is 0 Å². The highest BCUT2D eigenvalue weighted by atomic mass is 16.6. The van der Waals surface area contributed by atoms with Crippen molar-refractivity contribution in [3.63, 3.8) is 0 Å². The molecular weight excluding hydrogens is 300 g/mol. The Kier molecular flexibility index (Phi) is 5.00. The lowest BCUT2D eigenvalue weighted by molar-refractivity contribution is 0.102. The van der Waals surface area contributed by atoms with Gasteiger partial charge in [0.15, 0.2) is 5.75 Å². The molecule has 0 aliphatic rings. The third-order valence-electron chi connectivity index (χ3n) is 3.31. The van der Waals surface area contributed by atoms with Gasteiger partial charge < -0.3 is 10.2 Å². The molecule has 24 heavy (non-hydrogen) atoms. The number of para-hydroxylation sites is 1. The van der Waals surface area contributed by atoms with Crippen LogP contribution >= 0.6 is 0 Å². The van der Waals surface area contributed by atoms with Crippen LogP contribution in [0.5, 0.6) is 5.75 Å². The molecule has 0 aliphatic carbocycles. The second-order valence-electron chi connectivity index (χ2n) is 5.08. The number of benzene rings is 3. The van der Waals surface area contributed by atoms with Crippen LogP contribution in [0.1, 0.15) is 15.9 Å². The summed E-state index contributed by atoms with van der Waals surface area (Å²) in [6.07, 6.45) is 1.62. The molecule has 4 heteroatoms. The minimum atomic E-state index is -0.135. The van der Waals surface area contributed by atoms with E-state index in [0.717, 1.165) is 11.3 Å². The Morgan fingerprint density at radius 1 is 0.833 bits per heavy atom. The predicted molar refractivity (Wildman–Crippen MR) is 95.5 cm³/mol. The molecule has 0 unspecified atom stereocenters. The predicted octanol–water partition coefficient (Wildman–Crippen LogP) is 4.35. The van der Waals surface area contributed by atoms with Crippen LogP contribution < -0.4 is 10.2 Å². The number of hydrogen-bond acceptors (Lipinski definition) is 3. The van der Waals surface area contributed by atoms with E-state index in [1.807, 2.05) is 72.8 Å². The summed E-state index contributed by atoms with van der Waals surface area (Å²) < 4.78 is 0. The number of carbonyl (C=O) groups excluding carboxylic acids is 1. The first kappa shape index (κ1) is 15.5. The molecule has 0 aliphatic heterocycles. The monoisotopic (exact) mass is 316 g/mol. The van der Waals surface area contributed by atoms with Crippen LogP contribution in [-0.4, -0.2) is 12.1 Å².